The van der Waals surface area contributed by atoms with Gasteiger partial charge in [0.2, 0.25) is 0 Å². The van der Waals surface area contributed by atoms with E-state index in [1.807, 2.05) is 0 Å². The number of aryl methyl sites for hydroxylation is 1. The number of hydrogen-bond acceptors (Lipinski definition) is 3. The van der Waals surface area contributed by atoms with Crippen molar-refractivity contribution in [1.29, 1.82) is 0 Å². The summed E-state index contributed by atoms with van der Waals surface area (Å²) in [5, 5.41) is 11.6. The molecular formula is C15H17N3O4. The number of hydrogen-bond donors (Lipinski definition) is 3. The molecule has 0 spiro atoms. The fourth-order valence-corrected chi connectivity index (χ4v) is 2.15. The summed E-state index contributed by atoms with van der Waals surface area (Å²) in [6, 6.07) is 3.73. The third-order valence-electron chi connectivity index (χ3n) is 3.43. The fraction of sp³-hybridized carbons (Fsp3) is 0.267. The summed E-state index contributed by atoms with van der Waals surface area (Å²) in [5.41, 5.74) is 1.22. The highest BCUT2D eigenvalue weighted by molar-refractivity contribution is 5.99. The van der Waals surface area contributed by atoms with Crippen molar-refractivity contribution in [1.82, 2.24) is 14.9 Å². The Morgan fingerprint density at radius 1 is 1.50 bits per heavy atom. The van der Waals surface area contributed by atoms with Gasteiger partial charge >= 0.3 is 11.7 Å². The van der Waals surface area contributed by atoms with E-state index in [1.165, 1.54) is 4.57 Å². The third-order valence-corrected chi connectivity index (χ3v) is 3.43. The van der Waals surface area contributed by atoms with Crippen molar-refractivity contribution in [3.8, 4) is 0 Å². The number of aromatic nitrogens is 2. The quantitative estimate of drug-likeness (QED) is 0.693. The van der Waals surface area contributed by atoms with Gasteiger partial charge in [0.1, 0.15) is 6.04 Å². The molecule has 1 amide bonds. The SMILES string of the molecule is C=CCCC(NC(=O)c1ccc2[nH]c(=O)n(C)c2c1)C(=O)O. The zero-order chi connectivity index (χ0) is 16.3. The number of nitrogens with one attached hydrogen (secondary N) is 2. The van der Waals surface area contributed by atoms with Crippen molar-refractivity contribution in [3.63, 3.8) is 0 Å². The summed E-state index contributed by atoms with van der Waals surface area (Å²) in [5.74, 6) is -1.59. The van der Waals surface area contributed by atoms with Crippen LogP contribution in [0.4, 0.5) is 0 Å². The van der Waals surface area contributed by atoms with Gasteiger partial charge in [-0.3, -0.25) is 9.36 Å². The molecular weight excluding hydrogens is 286 g/mol. The Morgan fingerprint density at radius 2 is 2.23 bits per heavy atom. The monoisotopic (exact) mass is 303 g/mol. The minimum absolute atomic E-state index is 0.273. The summed E-state index contributed by atoms with van der Waals surface area (Å²) in [6.45, 7) is 3.53. The first kappa shape index (κ1) is 15.6. The number of rotatable bonds is 6. The number of nitrogens with zero attached hydrogens (tertiary/aromatic N) is 1. The van der Waals surface area contributed by atoms with Crippen molar-refractivity contribution in [2.24, 2.45) is 7.05 Å². The van der Waals surface area contributed by atoms with Gasteiger partial charge in [0.15, 0.2) is 0 Å². The molecule has 0 fully saturated rings. The van der Waals surface area contributed by atoms with Crippen LogP contribution in [-0.4, -0.2) is 32.6 Å². The van der Waals surface area contributed by atoms with Gasteiger partial charge in [0.05, 0.1) is 11.0 Å². The van der Waals surface area contributed by atoms with Gasteiger partial charge in [-0.15, -0.1) is 6.58 Å². The number of aliphatic carboxylic acids is 1. The molecule has 1 aromatic carbocycles. The highest BCUT2D eigenvalue weighted by Crippen LogP contribution is 2.12. The van der Waals surface area contributed by atoms with Gasteiger partial charge in [-0.2, -0.15) is 0 Å². The lowest BCUT2D eigenvalue weighted by molar-refractivity contribution is -0.139. The molecule has 0 aliphatic heterocycles. The van der Waals surface area contributed by atoms with Gasteiger partial charge < -0.3 is 15.4 Å². The lowest BCUT2D eigenvalue weighted by atomic mass is 10.1. The van der Waals surface area contributed by atoms with E-state index in [9.17, 15) is 14.4 Å². The second kappa shape index (κ2) is 6.30. The average molecular weight is 303 g/mol. The van der Waals surface area contributed by atoms with Crippen molar-refractivity contribution < 1.29 is 14.7 Å². The summed E-state index contributed by atoms with van der Waals surface area (Å²) in [6.07, 6.45) is 2.36. The molecule has 1 unspecified atom stereocenters. The topological polar surface area (TPSA) is 104 Å². The summed E-state index contributed by atoms with van der Waals surface area (Å²) in [4.78, 5) is 37.5. The predicted molar refractivity (Wildman–Crippen MR) is 81.9 cm³/mol. The molecule has 7 nitrogen and oxygen atoms in total. The molecule has 2 aromatic rings. The maximum Gasteiger partial charge on any atom is 0.326 e. The normalized spacial score (nSPS) is 12.0. The van der Waals surface area contributed by atoms with E-state index < -0.39 is 17.9 Å². The first-order chi connectivity index (χ1) is 10.4. The molecule has 3 N–H and O–H groups in total. The van der Waals surface area contributed by atoms with E-state index in [2.05, 4.69) is 16.9 Å². The highest BCUT2D eigenvalue weighted by Gasteiger charge is 2.20. The average Bonchev–Trinajstić information content (AvgIpc) is 2.77. The Balaban J connectivity index is 2.24. The molecule has 0 bridgehead atoms. The molecule has 7 heteroatoms. The molecule has 116 valence electrons. The molecule has 0 radical (unpaired) electrons. The minimum atomic E-state index is -1.09. The number of imidazole rings is 1. The Morgan fingerprint density at radius 3 is 2.86 bits per heavy atom. The maximum atomic E-state index is 12.2. The number of carboxylic acids is 1. The van der Waals surface area contributed by atoms with Crippen LogP contribution in [0.1, 0.15) is 23.2 Å². The molecule has 1 aromatic heterocycles. The lowest BCUT2D eigenvalue weighted by Crippen LogP contribution is -2.40. The second-order valence-electron chi connectivity index (χ2n) is 4.95. The molecule has 0 aliphatic carbocycles. The number of allylic oxidation sites excluding steroid dienone is 1. The van der Waals surface area contributed by atoms with Crippen LogP contribution in [0.25, 0.3) is 11.0 Å². The number of carboxylic acid groups (broad SMARTS) is 1. The summed E-state index contributed by atoms with van der Waals surface area (Å²) < 4.78 is 1.39. The van der Waals surface area contributed by atoms with Crippen molar-refractivity contribution in [2.45, 2.75) is 18.9 Å². The zero-order valence-corrected chi connectivity index (χ0v) is 12.1. The van der Waals surface area contributed by atoms with Crippen LogP contribution in [0.15, 0.2) is 35.6 Å². The zero-order valence-electron chi connectivity index (χ0n) is 12.1. The summed E-state index contributed by atoms with van der Waals surface area (Å²) in [7, 11) is 1.59. The third kappa shape index (κ3) is 3.08. The highest BCUT2D eigenvalue weighted by atomic mass is 16.4. The number of amides is 1. The van der Waals surface area contributed by atoms with Gasteiger partial charge in [-0.25, -0.2) is 9.59 Å². The molecule has 2 rings (SSSR count). The number of benzene rings is 1. The first-order valence-electron chi connectivity index (χ1n) is 6.77. The van der Waals surface area contributed by atoms with Crippen LogP contribution in [0.5, 0.6) is 0 Å². The van der Waals surface area contributed by atoms with Crippen molar-refractivity contribution >= 4 is 22.9 Å². The van der Waals surface area contributed by atoms with E-state index in [1.54, 1.807) is 31.3 Å². The van der Waals surface area contributed by atoms with Gasteiger partial charge in [0.25, 0.3) is 5.91 Å². The smallest absolute Gasteiger partial charge is 0.326 e. The maximum absolute atomic E-state index is 12.2. The summed E-state index contributed by atoms with van der Waals surface area (Å²) >= 11 is 0. The van der Waals surface area contributed by atoms with Crippen LogP contribution in [0.3, 0.4) is 0 Å². The largest absolute Gasteiger partial charge is 0.480 e. The van der Waals surface area contributed by atoms with E-state index in [0.717, 1.165) is 0 Å². The standard InChI is InChI=1S/C15H17N3O4/c1-3-4-5-11(14(20)21)16-13(19)9-6-7-10-12(8-9)18(2)15(22)17-10/h3,6-8,11H,1,4-5H2,2H3,(H,16,19)(H,17,22)(H,20,21). The number of H-pyrrole nitrogens is 1. The van der Waals surface area contributed by atoms with Gasteiger partial charge in [-0.1, -0.05) is 6.08 Å². The van der Waals surface area contributed by atoms with Crippen LogP contribution < -0.4 is 11.0 Å². The lowest BCUT2D eigenvalue weighted by Gasteiger charge is -2.13. The van der Waals surface area contributed by atoms with E-state index in [-0.39, 0.29) is 12.1 Å². The van der Waals surface area contributed by atoms with Crippen LogP contribution in [-0.2, 0) is 11.8 Å². The van der Waals surface area contributed by atoms with Gasteiger partial charge in [-0.05, 0) is 31.0 Å². The van der Waals surface area contributed by atoms with Crippen LogP contribution in [0.2, 0.25) is 0 Å². The second-order valence-corrected chi connectivity index (χ2v) is 4.95. The Hall–Kier alpha value is -2.83. The van der Waals surface area contributed by atoms with Gasteiger partial charge in [0, 0.05) is 12.6 Å². The molecule has 0 saturated carbocycles. The van der Waals surface area contributed by atoms with E-state index in [4.69, 9.17) is 5.11 Å². The number of fused-ring (bicyclic) bond motifs is 1. The fourth-order valence-electron chi connectivity index (χ4n) is 2.15. The van der Waals surface area contributed by atoms with Crippen LogP contribution >= 0.6 is 0 Å². The number of carbonyl (C=O) groups excluding carboxylic acids is 1. The number of carbonyl (C=O) groups is 2. The molecule has 0 saturated heterocycles. The molecule has 1 atom stereocenters. The Bertz CT molecular complexity index is 788. The number of aromatic amines is 1. The van der Waals surface area contributed by atoms with Crippen molar-refractivity contribution in [2.75, 3.05) is 0 Å². The first-order valence-corrected chi connectivity index (χ1v) is 6.77. The molecule has 1 heterocycles. The van der Waals surface area contributed by atoms with Crippen molar-refractivity contribution in [3.05, 3.63) is 46.9 Å². The molecule has 0 aliphatic rings. The van der Waals surface area contributed by atoms with E-state index >= 15 is 0 Å². The van der Waals surface area contributed by atoms with E-state index in [0.29, 0.717) is 23.0 Å². The Kier molecular flexibility index (Phi) is 4.45. The Labute approximate surface area is 126 Å². The predicted octanol–water partition coefficient (Wildman–Crippen LogP) is 1.02. The minimum Gasteiger partial charge on any atom is -0.480 e. The van der Waals surface area contributed by atoms with Crippen LogP contribution in [0, 0.1) is 0 Å². The molecule has 22 heavy (non-hydrogen) atoms.